The molecule has 1 saturated heterocycles. The maximum atomic E-state index is 12.9. The highest BCUT2D eigenvalue weighted by atomic mass is 79.9. The molecule has 0 aliphatic carbocycles. The Bertz CT molecular complexity index is 1280. The molecule has 0 spiro atoms. The zero-order valence-electron chi connectivity index (χ0n) is 19.9. The number of nitrogens with one attached hydrogen (secondary N) is 2. The van der Waals surface area contributed by atoms with Crippen LogP contribution in [0.15, 0.2) is 47.1 Å². The lowest BCUT2D eigenvalue weighted by Crippen LogP contribution is -2.29. The van der Waals surface area contributed by atoms with E-state index in [2.05, 4.69) is 73.6 Å². The molecule has 1 aliphatic rings. The van der Waals surface area contributed by atoms with Gasteiger partial charge in [0.1, 0.15) is 11.6 Å². The largest absolute Gasteiger partial charge is 0.480 e. The monoisotopic (exact) mass is 534 g/mol. The second-order valence-electron chi connectivity index (χ2n) is 8.62. The second kappa shape index (κ2) is 10.8. The number of rotatable bonds is 6. The highest BCUT2D eigenvalue weighted by molar-refractivity contribution is 9.10. The molecule has 3 aromatic rings. The summed E-state index contributed by atoms with van der Waals surface area (Å²) in [5.41, 5.74) is 4.36. The molecule has 180 valence electrons. The van der Waals surface area contributed by atoms with Crippen LogP contribution < -0.4 is 15.4 Å². The van der Waals surface area contributed by atoms with Crippen LogP contribution in [0.4, 0.5) is 17.3 Å². The highest BCUT2D eigenvalue weighted by Crippen LogP contribution is 2.32. The molecule has 0 saturated carbocycles. The number of benzene rings is 2. The predicted molar refractivity (Wildman–Crippen MR) is 139 cm³/mol. The summed E-state index contributed by atoms with van der Waals surface area (Å²) in [6, 6.07) is 13.5. The first-order valence-corrected chi connectivity index (χ1v) is 12.2. The fraction of sp³-hybridized carbons (Fsp3) is 0.308. The van der Waals surface area contributed by atoms with E-state index >= 15 is 0 Å². The number of hydrogen-bond acceptors (Lipinski definition) is 7. The van der Waals surface area contributed by atoms with Crippen LogP contribution in [0.2, 0.25) is 0 Å². The molecule has 2 N–H and O–H groups in total. The highest BCUT2D eigenvalue weighted by Gasteiger charge is 2.21. The van der Waals surface area contributed by atoms with Gasteiger partial charge in [0.2, 0.25) is 11.8 Å². The number of aryl methyl sites for hydroxylation is 1. The summed E-state index contributed by atoms with van der Waals surface area (Å²) in [6.45, 7) is 4.37. The van der Waals surface area contributed by atoms with E-state index in [0.717, 1.165) is 18.8 Å². The molecule has 0 atom stereocenters. The van der Waals surface area contributed by atoms with Crippen molar-refractivity contribution in [1.29, 1.82) is 5.26 Å². The normalized spacial score (nSPS) is 14.3. The van der Waals surface area contributed by atoms with Gasteiger partial charge >= 0.3 is 0 Å². The molecule has 1 aliphatic heterocycles. The standard InChI is InChI=1S/C26H27BrN6O2/c1-16-13-19(7-8-20(16)17-9-11-33(2)12-10-17)30-26-29-15-21(25(32-26)35-3)24(34)31-23-18(14-28)5-4-6-22(23)27/h4-8,13,15,17H,9-12H2,1-3H3,(H,31,34)(H,29,30,32). The van der Waals surface area contributed by atoms with Crippen LogP contribution in [0.5, 0.6) is 5.88 Å². The number of hydrogen-bond donors (Lipinski definition) is 2. The number of methoxy groups -OCH3 is 1. The molecule has 1 fully saturated rings. The van der Waals surface area contributed by atoms with Gasteiger partial charge < -0.3 is 20.3 Å². The number of likely N-dealkylation sites (tertiary alicyclic amines) is 1. The molecule has 4 rings (SSSR count). The Morgan fingerprint density at radius 1 is 1.26 bits per heavy atom. The second-order valence-corrected chi connectivity index (χ2v) is 9.47. The fourth-order valence-corrected chi connectivity index (χ4v) is 4.79. The van der Waals surface area contributed by atoms with E-state index in [1.165, 1.54) is 37.3 Å². The molecule has 35 heavy (non-hydrogen) atoms. The molecule has 0 unspecified atom stereocenters. The number of carbonyl (C=O) groups excluding carboxylic acids is 1. The van der Waals surface area contributed by atoms with Gasteiger partial charge in [-0.25, -0.2) is 4.98 Å². The number of anilines is 3. The fourth-order valence-electron chi connectivity index (χ4n) is 4.32. The van der Waals surface area contributed by atoms with Crippen molar-refractivity contribution in [2.75, 3.05) is 37.9 Å². The summed E-state index contributed by atoms with van der Waals surface area (Å²) >= 11 is 3.37. The summed E-state index contributed by atoms with van der Waals surface area (Å²) < 4.78 is 5.97. The number of para-hydroxylation sites is 1. The van der Waals surface area contributed by atoms with Crippen LogP contribution in [0.1, 0.15) is 45.8 Å². The SMILES string of the molecule is COc1nc(Nc2ccc(C3CCN(C)CC3)c(C)c2)ncc1C(=O)Nc1c(Br)cccc1C#N. The number of carbonyl (C=O) groups is 1. The molecule has 1 aromatic heterocycles. The first kappa shape index (κ1) is 24.6. The Balaban J connectivity index is 1.50. The molecule has 2 aromatic carbocycles. The minimum absolute atomic E-state index is 0.130. The van der Waals surface area contributed by atoms with Crippen LogP contribution >= 0.6 is 15.9 Å². The third kappa shape index (κ3) is 5.61. The minimum atomic E-state index is -0.477. The van der Waals surface area contributed by atoms with Crippen molar-refractivity contribution in [1.82, 2.24) is 14.9 Å². The van der Waals surface area contributed by atoms with Gasteiger partial charge in [0.15, 0.2) is 0 Å². The smallest absolute Gasteiger partial charge is 0.262 e. The Morgan fingerprint density at radius 3 is 2.71 bits per heavy atom. The lowest BCUT2D eigenvalue weighted by Gasteiger charge is -2.30. The Hall–Kier alpha value is -3.48. The van der Waals surface area contributed by atoms with Gasteiger partial charge in [0.25, 0.3) is 5.91 Å². The lowest BCUT2D eigenvalue weighted by molar-refractivity contribution is 0.102. The quantitative estimate of drug-likeness (QED) is 0.446. The molecule has 9 heteroatoms. The summed E-state index contributed by atoms with van der Waals surface area (Å²) in [7, 11) is 3.62. The van der Waals surface area contributed by atoms with Gasteiger partial charge in [-0.15, -0.1) is 0 Å². The average Bonchev–Trinajstić information content (AvgIpc) is 2.86. The number of ether oxygens (including phenoxy) is 1. The van der Waals surface area contributed by atoms with Crippen LogP contribution in [-0.2, 0) is 0 Å². The van der Waals surface area contributed by atoms with Crippen molar-refractivity contribution in [2.24, 2.45) is 0 Å². The molecular weight excluding hydrogens is 508 g/mol. The molecule has 1 amide bonds. The molecular formula is C26H27BrN6O2. The topological polar surface area (TPSA) is 103 Å². The molecule has 0 bridgehead atoms. The van der Waals surface area contributed by atoms with Gasteiger partial charge in [0.05, 0.1) is 18.4 Å². The number of aromatic nitrogens is 2. The molecule has 2 heterocycles. The van der Waals surface area contributed by atoms with Crippen molar-refractivity contribution in [3.63, 3.8) is 0 Å². The van der Waals surface area contributed by atoms with Gasteiger partial charge in [-0.3, -0.25) is 4.79 Å². The molecule has 8 nitrogen and oxygen atoms in total. The third-order valence-electron chi connectivity index (χ3n) is 6.25. The summed E-state index contributed by atoms with van der Waals surface area (Å²) in [4.78, 5) is 24.0. The summed E-state index contributed by atoms with van der Waals surface area (Å²) in [5.74, 6) is 0.560. The van der Waals surface area contributed by atoms with Crippen LogP contribution in [0, 0.1) is 18.3 Å². The van der Waals surface area contributed by atoms with Gasteiger partial charge in [0, 0.05) is 16.4 Å². The van der Waals surface area contributed by atoms with Crippen LogP contribution in [0.25, 0.3) is 0 Å². The van der Waals surface area contributed by atoms with E-state index < -0.39 is 5.91 Å². The van der Waals surface area contributed by atoms with Crippen molar-refractivity contribution in [3.05, 3.63) is 69.3 Å². The van der Waals surface area contributed by atoms with Crippen molar-refractivity contribution < 1.29 is 9.53 Å². The summed E-state index contributed by atoms with van der Waals surface area (Å²) in [5, 5.41) is 15.3. The van der Waals surface area contributed by atoms with E-state index in [9.17, 15) is 10.1 Å². The first-order valence-electron chi connectivity index (χ1n) is 11.4. The number of nitrogens with zero attached hydrogens (tertiary/aromatic N) is 4. The Labute approximate surface area is 213 Å². The van der Waals surface area contributed by atoms with Crippen LogP contribution in [0.3, 0.4) is 0 Å². The first-order chi connectivity index (χ1) is 16.9. The maximum Gasteiger partial charge on any atom is 0.262 e. The zero-order chi connectivity index (χ0) is 24.9. The number of amides is 1. The van der Waals surface area contributed by atoms with E-state index in [1.54, 1.807) is 18.2 Å². The minimum Gasteiger partial charge on any atom is -0.480 e. The number of nitriles is 1. The zero-order valence-corrected chi connectivity index (χ0v) is 21.5. The number of halogens is 1. The Kier molecular flexibility index (Phi) is 7.63. The van der Waals surface area contributed by atoms with E-state index in [1.807, 2.05) is 6.07 Å². The van der Waals surface area contributed by atoms with E-state index in [4.69, 9.17) is 4.74 Å². The van der Waals surface area contributed by atoms with Gasteiger partial charge in [-0.05, 0) is 97.1 Å². The van der Waals surface area contributed by atoms with Crippen molar-refractivity contribution in [3.8, 4) is 11.9 Å². The third-order valence-corrected chi connectivity index (χ3v) is 6.91. The maximum absolute atomic E-state index is 12.9. The number of piperidine rings is 1. The van der Waals surface area contributed by atoms with Crippen molar-refractivity contribution in [2.45, 2.75) is 25.7 Å². The predicted octanol–water partition coefficient (Wildman–Crippen LogP) is 5.23. The molecule has 0 radical (unpaired) electrons. The summed E-state index contributed by atoms with van der Waals surface area (Å²) in [6.07, 6.45) is 3.75. The lowest BCUT2D eigenvalue weighted by atomic mass is 9.87. The van der Waals surface area contributed by atoms with Gasteiger partial charge in [-0.2, -0.15) is 10.2 Å². The van der Waals surface area contributed by atoms with Crippen LogP contribution in [-0.4, -0.2) is 48.0 Å². The average molecular weight is 535 g/mol. The van der Waals surface area contributed by atoms with Crippen molar-refractivity contribution >= 4 is 39.2 Å². The van der Waals surface area contributed by atoms with Gasteiger partial charge in [-0.1, -0.05) is 12.1 Å². The Morgan fingerprint density at radius 2 is 2.03 bits per heavy atom. The van der Waals surface area contributed by atoms with E-state index in [-0.39, 0.29) is 11.4 Å². The van der Waals surface area contributed by atoms with E-state index in [0.29, 0.717) is 27.6 Å².